The number of aromatic nitrogens is 2. The van der Waals surface area contributed by atoms with E-state index in [2.05, 4.69) is 15.3 Å². The van der Waals surface area contributed by atoms with Crippen LogP contribution in [0.5, 0.6) is 0 Å². The molecular formula is C10H15N5O4. The Labute approximate surface area is 109 Å². The van der Waals surface area contributed by atoms with Crippen LogP contribution in [-0.4, -0.2) is 38.9 Å². The molecule has 1 saturated heterocycles. The van der Waals surface area contributed by atoms with Gasteiger partial charge in [0.05, 0.1) is 11.0 Å². The van der Waals surface area contributed by atoms with Gasteiger partial charge in [0.25, 0.3) is 0 Å². The van der Waals surface area contributed by atoms with Crippen LogP contribution in [0.1, 0.15) is 19.3 Å². The lowest BCUT2D eigenvalue weighted by Crippen LogP contribution is -2.22. The van der Waals surface area contributed by atoms with Gasteiger partial charge < -0.3 is 20.9 Å². The third-order valence-electron chi connectivity index (χ3n) is 2.89. The van der Waals surface area contributed by atoms with Crippen molar-refractivity contribution in [1.82, 2.24) is 9.97 Å². The lowest BCUT2D eigenvalue weighted by molar-refractivity contribution is -0.383. The molecule has 0 aromatic carbocycles. The van der Waals surface area contributed by atoms with Crippen LogP contribution < -0.4 is 11.1 Å². The number of hydrogen-bond acceptors (Lipinski definition) is 8. The second-order valence-corrected chi connectivity index (χ2v) is 4.19. The first-order valence-corrected chi connectivity index (χ1v) is 5.89. The van der Waals surface area contributed by atoms with Crippen LogP contribution in [0.25, 0.3) is 0 Å². The number of nitrogen functional groups attached to an aromatic ring is 1. The summed E-state index contributed by atoms with van der Waals surface area (Å²) in [6.45, 7) is 0.0536. The summed E-state index contributed by atoms with van der Waals surface area (Å²) in [7, 11) is 0. The van der Waals surface area contributed by atoms with Gasteiger partial charge in [0.2, 0.25) is 11.6 Å². The number of nitrogens with zero attached hydrogens (tertiary/aromatic N) is 3. The quantitative estimate of drug-likeness (QED) is 0.511. The maximum Gasteiger partial charge on any atom is 0.353 e. The Kier molecular flexibility index (Phi) is 4.07. The summed E-state index contributed by atoms with van der Waals surface area (Å²) in [6.07, 6.45) is 2.76. The largest absolute Gasteiger partial charge is 0.396 e. The number of aliphatic hydroxyl groups is 1. The fraction of sp³-hybridized carbons (Fsp3) is 0.600. The van der Waals surface area contributed by atoms with Crippen molar-refractivity contribution in [2.24, 2.45) is 0 Å². The second kappa shape index (κ2) is 5.76. The zero-order valence-corrected chi connectivity index (χ0v) is 10.2. The van der Waals surface area contributed by atoms with E-state index in [0.717, 1.165) is 12.7 Å². The molecule has 1 aromatic heterocycles. The predicted molar refractivity (Wildman–Crippen MR) is 66.3 cm³/mol. The SMILES string of the molecule is Nc1ncnc(NC2CCC(CCO)O2)c1[N+](=O)[O-]. The van der Waals surface area contributed by atoms with Crippen LogP contribution >= 0.6 is 0 Å². The lowest BCUT2D eigenvalue weighted by Gasteiger charge is -2.15. The van der Waals surface area contributed by atoms with Crippen LogP contribution in [0.3, 0.4) is 0 Å². The monoisotopic (exact) mass is 269 g/mol. The Balaban J connectivity index is 2.08. The third kappa shape index (κ3) is 3.06. The summed E-state index contributed by atoms with van der Waals surface area (Å²) in [5, 5.41) is 22.6. The highest BCUT2D eigenvalue weighted by molar-refractivity contribution is 5.67. The van der Waals surface area contributed by atoms with E-state index in [1.807, 2.05) is 0 Å². The standard InChI is InChI=1S/C10H15N5O4/c11-9-8(15(17)18)10(13-5-12-9)14-7-2-1-6(19-7)3-4-16/h5-7,16H,1-4H2,(H3,11,12,13,14). The average molecular weight is 269 g/mol. The fourth-order valence-corrected chi connectivity index (χ4v) is 2.00. The molecule has 1 aliphatic rings. The van der Waals surface area contributed by atoms with E-state index < -0.39 is 4.92 Å². The molecule has 9 heteroatoms. The number of aliphatic hydroxyl groups excluding tert-OH is 1. The molecule has 104 valence electrons. The summed E-state index contributed by atoms with van der Waals surface area (Å²) in [5.41, 5.74) is 5.11. The van der Waals surface area contributed by atoms with Crippen LogP contribution in [0.4, 0.5) is 17.3 Å². The van der Waals surface area contributed by atoms with E-state index in [-0.39, 0.29) is 36.3 Å². The molecule has 1 aliphatic heterocycles. The van der Waals surface area contributed by atoms with Crippen molar-refractivity contribution in [3.05, 3.63) is 16.4 Å². The minimum absolute atomic E-state index is 0.0410. The van der Waals surface area contributed by atoms with Gasteiger partial charge in [0.15, 0.2) is 0 Å². The molecule has 0 radical (unpaired) electrons. The second-order valence-electron chi connectivity index (χ2n) is 4.19. The summed E-state index contributed by atoms with van der Waals surface area (Å²) in [4.78, 5) is 17.7. The Morgan fingerprint density at radius 1 is 1.58 bits per heavy atom. The summed E-state index contributed by atoms with van der Waals surface area (Å²) < 4.78 is 5.59. The van der Waals surface area contributed by atoms with Crippen molar-refractivity contribution in [3.63, 3.8) is 0 Å². The molecule has 1 fully saturated rings. The van der Waals surface area contributed by atoms with E-state index in [0.29, 0.717) is 12.8 Å². The summed E-state index contributed by atoms with van der Waals surface area (Å²) in [6, 6.07) is 0. The molecule has 2 atom stereocenters. The molecular weight excluding hydrogens is 254 g/mol. The maximum absolute atomic E-state index is 10.9. The van der Waals surface area contributed by atoms with Crippen molar-refractivity contribution < 1.29 is 14.8 Å². The Bertz CT molecular complexity index is 469. The summed E-state index contributed by atoms with van der Waals surface area (Å²) in [5.74, 6) is -0.139. The molecule has 0 bridgehead atoms. The van der Waals surface area contributed by atoms with Crippen LogP contribution in [0.15, 0.2) is 6.33 Å². The van der Waals surface area contributed by atoms with Crippen molar-refractivity contribution >= 4 is 17.3 Å². The number of ether oxygens (including phenoxy) is 1. The Morgan fingerprint density at radius 3 is 3.05 bits per heavy atom. The minimum atomic E-state index is -0.627. The zero-order chi connectivity index (χ0) is 13.8. The number of nitro groups is 1. The average Bonchev–Trinajstić information content (AvgIpc) is 2.76. The van der Waals surface area contributed by atoms with Gasteiger partial charge in [-0.1, -0.05) is 0 Å². The number of nitrogens with two attached hydrogens (primary N) is 1. The van der Waals surface area contributed by atoms with E-state index in [1.54, 1.807) is 0 Å². The van der Waals surface area contributed by atoms with Crippen LogP contribution in [-0.2, 0) is 4.74 Å². The smallest absolute Gasteiger partial charge is 0.353 e. The van der Waals surface area contributed by atoms with Gasteiger partial charge in [0, 0.05) is 6.61 Å². The molecule has 19 heavy (non-hydrogen) atoms. The summed E-state index contributed by atoms with van der Waals surface area (Å²) >= 11 is 0. The molecule has 2 heterocycles. The number of rotatable bonds is 5. The molecule has 2 rings (SSSR count). The van der Waals surface area contributed by atoms with E-state index >= 15 is 0 Å². The van der Waals surface area contributed by atoms with Gasteiger partial charge in [0.1, 0.15) is 12.6 Å². The molecule has 0 spiro atoms. The fourth-order valence-electron chi connectivity index (χ4n) is 2.00. The predicted octanol–water partition coefficient (Wildman–Crippen LogP) is 0.266. The molecule has 1 aromatic rings. The van der Waals surface area contributed by atoms with Crippen LogP contribution in [0, 0.1) is 10.1 Å². The minimum Gasteiger partial charge on any atom is -0.396 e. The van der Waals surface area contributed by atoms with Crippen molar-refractivity contribution in [1.29, 1.82) is 0 Å². The van der Waals surface area contributed by atoms with Crippen LogP contribution in [0.2, 0.25) is 0 Å². The van der Waals surface area contributed by atoms with Gasteiger partial charge in [-0.2, -0.15) is 0 Å². The highest BCUT2D eigenvalue weighted by Gasteiger charge is 2.28. The third-order valence-corrected chi connectivity index (χ3v) is 2.89. The molecule has 0 aliphatic carbocycles. The van der Waals surface area contributed by atoms with Gasteiger partial charge in [-0.15, -0.1) is 0 Å². The Hall–Kier alpha value is -2.00. The molecule has 4 N–H and O–H groups in total. The van der Waals surface area contributed by atoms with E-state index in [9.17, 15) is 10.1 Å². The van der Waals surface area contributed by atoms with Crippen molar-refractivity contribution in [3.8, 4) is 0 Å². The van der Waals surface area contributed by atoms with Crippen molar-refractivity contribution in [2.75, 3.05) is 17.7 Å². The first-order valence-electron chi connectivity index (χ1n) is 5.89. The lowest BCUT2D eigenvalue weighted by atomic mass is 10.2. The number of nitrogens with one attached hydrogen (secondary N) is 1. The number of hydrogen-bond donors (Lipinski definition) is 3. The molecule has 9 nitrogen and oxygen atoms in total. The maximum atomic E-state index is 10.9. The molecule has 0 saturated carbocycles. The normalized spacial score (nSPS) is 22.4. The van der Waals surface area contributed by atoms with Gasteiger partial charge in [-0.3, -0.25) is 10.1 Å². The zero-order valence-electron chi connectivity index (χ0n) is 10.2. The Morgan fingerprint density at radius 2 is 2.37 bits per heavy atom. The van der Waals surface area contributed by atoms with Gasteiger partial charge in [-0.25, -0.2) is 9.97 Å². The van der Waals surface area contributed by atoms with Crippen molar-refractivity contribution in [2.45, 2.75) is 31.6 Å². The highest BCUT2D eigenvalue weighted by atomic mass is 16.6. The number of anilines is 2. The molecule has 0 amide bonds. The highest BCUT2D eigenvalue weighted by Crippen LogP contribution is 2.29. The first-order chi connectivity index (χ1) is 9.11. The van der Waals surface area contributed by atoms with E-state index in [4.69, 9.17) is 15.6 Å². The van der Waals surface area contributed by atoms with E-state index in [1.165, 1.54) is 0 Å². The molecule has 2 unspecified atom stereocenters. The first kappa shape index (κ1) is 13.4. The van der Waals surface area contributed by atoms with Gasteiger partial charge in [-0.05, 0) is 19.3 Å². The topological polar surface area (TPSA) is 136 Å². The van der Waals surface area contributed by atoms with Gasteiger partial charge >= 0.3 is 5.69 Å².